The highest BCUT2D eigenvalue weighted by Crippen LogP contribution is 2.48. The van der Waals surface area contributed by atoms with Crippen LogP contribution in [0.3, 0.4) is 0 Å². The molecule has 0 aromatic carbocycles. The van der Waals surface area contributed by atoms with E-state index < -0.39 is 0 Å². The molecular formula is C17H27N3O. The smallest absolute Gasteiger partial charge is 0.267 e. The van der Waals surface area contributed by atoms with Gasteiger partial charge in [0.25, 0.3) is 5.91 Å². The van der Waals surface area contributed by atoms with Crippen molar-refractivity contribution >= 4 is 5.91 Å². The third kappa shape index (κ3) is 3.31. The molecule has 21 heavy (non-hydrogen) atoms. The van der Waals surface area contributed by atoms with Gasteiger partial charge in [0.05, 0.1) is 0 Å². The Hall–Kier alpha value is -1.29. The second-order valence-electron chi connectivity index (χ2n) is 6.71. The Labute approximate surface area is 127 Å². The number of carbonyl (C=O) groups is 1. The average molecular weight is 289 g/mol. The van der Waals surface area contributed by atoms with Gasteiger partial charge in [-0.05, 0) is 62.7 Å². The zero-order valence-corrected chi connectivity index (χ0v) is 13.0. The first-order chi connectivity index (χ1) is 10.2. The number of piperidine rings is 1. The van der Waals surface area contributed by atoms with Crippen LogP contribution in [0.25, 0.3) is 0 Å². The Morgan fingerprint density at radius 3 is 2.86 bits per heavy atom. The molecule has 0 spiro atoms. The fourth-order valence-corrected chi connectivity index (χ4v) is 3.57. The van der Waals surface area contributed by atoms with Crippen molar-refractivity contribution in [2.75, 3.05) is 19.6 Å². The van der Waals surface area contributed by atoms with E-state index in [1.807, 2.05) is 12.1 Å². The molecule has 1 saturated heterocycles. The molecule has 2 aliphatic rings. The lowest BCUT2D eigenvalue weighted by atomic mass is 10.0. The molecule has 0 unspecified atom stereocenters. The summed E-state index contributed by atoms with van der Waals surface area (Å²) in [5.41, 5.74) is 1.24. The molecule has 2 fully saturated rings. The first-order valence-electron chi connectivity index (χ1n) is 8.40. The maximum absolute atomic E-state index is 12.5. The van der Waals surface area contributed by atoms with E-state index in [2.05, 4.69) is 28.3 Å². The van der Waals surface area contributed by atoms with Gasteiger partial charge in [0, 0.05) is 18.8 Å². The summed E-state index contributed by atoms with van der Waals surface area (Å²) in [6.45, 7) is 5.16. The number of aromatic nitrogens is 1. The molecule has 1 aromatic heterocycles. The third-order valence-electron chi connectivity index (χ3n) is 5.08. The Morgan fingerprint density at radius 2 is 2.19 bits per heavy atom. The van der Waals surface area contributed by atoms with Crippen LogP contribution in [-0.2, 0) is 0 Å². The molecule has 1 aliphatic carbocycles. The highest BCUT2D eigenvalue weighted by atomic mass is 16.1. The summed E-state index contributed by atoms with van der Waals surface area (Å²) >= 11 is 0. The predicted octanol–water partition coefficient (Wildman–Crippen LogP) is 2.72. The van der Waals surface area contributed by atoms with Gasteiger partial charge < -0.3 is 15.2 Å². The van der Waals surface area contributed by atoms with Crippen LogP contribution in [0.1, 0.15) is 62.0 Å². The summed E-state index contributed by atoms with van der Waals surface area (Å²) in [6, 6.07) is 4.42. The fraction of sp³-hybridized carbons (Fsp3) is 0.706. The van der Waals surface area contributed by atoms with Crippen LogP contribution in [0.5, 0.6) is 0 Å². The maximum Gasteiger partial charge on any atom is 0.267 e. The van der Waals surface area contributed by atoms with Gasteiger partial charge in [0.15, 0.2) is 0 Å². The van der Waals surface area contributed by atoms with Crippen molar-refractivity contribution in [3.8, 4) is 0 Å². The average Bonchev–Trinajstić information content (AvgIpc) is 3.10. The summed E-state index contributed by atoms with van der Waals surface area (Å²) in [5.74, 6) is 0.0981. The van der Waals surface area contributed by atoms with E-state index >= 15 is 0 Å². The monoisotopic (exact) mass is 289 g/mol. The number of nitrogens with one attached hydrogen (secondary N) is 2. The summed E-state index contributed by atoms with van der Waals surface area (Å²) in [6.07, 6.45) is 9.27. The molecule has 1 aliphatic heterocycles. The van der Waals surface area contributed by atoms with E-state index in [0.29, 0.717) is 11.5 Å². The molecule has 2 heterocycles. The van der Waals surface area contributed by atoms with Crippen molar-refractivity contribution in [2.24, 2.45) is 5.41 Å². The van der Waals surface area contributed by atoms with E-state index in [4.69, 9.17) is 0 Å². The number of carbonyl (C=O) groups excluding carboxylic acids is 1. The van der Waals surface area contributed by atoms with Gasteiger partial charge in [-0.3, -0.25) is 4.79 Å². The van der Waals surface area contributed by atoms with Gasteiger partial charge in [0.1, 0.15) is 5.69 Å². The largest absolute Gasteiger partial charge is 0.350 e. The molecule has 2 N–H and O–H groups in total. The van der Waals surface area contributed by atoms with E-state index in [0.717, 1.165) is 38.2 Å². The molecule has 0 radical (unpaired) electrons. The van der Waals surface area contributed by atoms with Gasteiger partial charge in [-0.2, -0.15) is 0 Å². The lowest BCUT2D eigenvalue weighted by Gasteiger charge is -2.26. The van der Waals surface area contributed by atoms with Crippen molar-refractivity contribution in [3.05, 3.63) is 24.0 Å². The molecule has 0 atom stereocenters. The number of hydrogen-bond acceptors (Lipinski definition) is 2. The highest BCUT2D eigenvalue weighted by molar-refractivity contribution is 5.92. The molecule has 1 aromatic rings. The highest BCUT2D eigenvalue weighted by Gasteiger charge is 2.41. The van der Waals surface area contributed by atoms with Crippen LogP contribution < -0.4 is 10.6 Å². The van der Waals surface area contributed by atoms with E-state index in [-0.39, 0.29) is 5.91 Å². The van der Waals surface area contributed by atoms with Gasteiger partial charge in [0.2, 0.25) is 0 Å². The molecule has 3 rings (SSSR count). The Balaban J connectivity index is 1.61. The van der Waals surface area contributed by atoms with Crippen LogP contribution in [0.2, 0.25) is 0 Å². The van der Waals surface area contributed by atoms with Gasteiger partial charge in [-0.15, -0.1) is 0 Å². The van der Waals surface area contributed by atoms with Gasteiger partial charge in [-0.25, -0.2) is 0 Å². The van der Waals surface area contributed by atoms with Crippen LogP contribution in [0, 0.1) is 5.41 Å². The Bertz CT molecular complexity index is 484. The predicted molar refractivity (Wildman–Crippen MR) is 84.5 cm³/mol. The minimum atomic E-state index is 0.0981. The van der Waals surface area contributed by atoms with Crippen LogP contribution in [0.15, 0.2) is 18.3 Å². The van der Waals surface area contributed by atoms with Crippen LogP contribution >= 0.6 is 0 Å². The number of amides is 1. The summed E-state index contributed by atoms with van der Waals surface area (Å²) in [7, 11) is 0. The van der Waals surface area contributed by atoms with Crippen molar-refractivity contribution < 1.29 is 4.79 Å². The lowest BCUT2D eigenvalue weighted by molar-refractivity contribution is 0.0931. The zero-order chi connectivity index (χ0) is 14.7. The first kappa shape index (κ1) is 14.6. The quantitative estimate of drug-likeness (QED) is 0.846. The number of nitrogens with zero attached hydrogens (tertiary/aromatic N) is 1. The van der Waals surface area contributed by atoms with E-state index in [1.54, 1.807) is 0 Å². The second-order valence-corrected chi connectivity index (χ2v) is 6.71. The summed E-state index contributed by atoms with van der Waals surface area (Å²) < 4.78 is 2.18. The lowest BCUT2D eigenvalue weighted by Crippen LogP contribution is -2.34. The molecule has 4 heteroatoms. The minimum Gasteiger partial charge on any atom is -0.350 e. The molecular weight excluding hydrogens is 262 g/mol. The summed E-state index contributed by atoms with van der Waals surface area (Å²) in [5, 5.41) is 6.56. The Morgan fingerprint density at radius 1 is 1.43 bits per heavy atom. The van der Waals surface area contributed by atoms with Crippen molar-refractivity contribution in [1.82, 2.24) is 15.2 Å². The van der Waals surface area contributed by atoms with Crippen molar-refractivity contribution in [3.63, 3.8) is 0 Å². The van der Waals surface area contributed by atoms with Crippen LogP contribution in [-0.4, -0.2) is 30.1 Å². The molecule has 1 saturated carbocycles. The third-order valence-corrected chi connectivity index (χ3v) is 5.08. The van der Waals surface area contributed by atoms with Crippen molar-refractivity contribution in [1.29, 1.82) is 0 Å². The standard InChI is InChI=1S/C17H27N3O/c1-2-7-17(8-9-17)13-19-16(21)15-4-3-12-20(15)14-5-10-18-11-6-14/h3-4,12,14,18H,2,5-11,13H2,1H3,(H,19,21). The maximum atomic E-state index is 12.5. The van der Waals surface area contributed by atoms with Crippen LogP contribution in [0.4, 0.5) is 0 Å². The molecule has 116 valence electrons. The van der Waals surface area contributed by atoms with Gasteiger partial charge >= 0.3 is 0 Å². The SMILES string of the molecule is CCCC1(CNC(=O)c2cccn2C2CCNCC2)CC1. The second kappa shape index (κ2) is 6.22. The number of rotatable bonds is 6. The van der Waals surface area contributed by atoms with Gasteiger partial charge in [-0.1, -0.05) is 13.3 Å². The van der Waals surface area contributed by atoms with E-state index in [9.17, 15) is 4.79 Å². The Kier molecular flexibility index (Phi) is 4.34. The van der Waals surface area contributed by atoms with E-state index in [1.165, 1.54) is 25.7 Å². The normalized spacial score (nSPS) is 21.2. The first-order valence-corrected chi connectivity index (χ1v) is 8.40. The zero-order valence-electron chi connectivity index (χ0n) is 13.0. The molecule has 1 amide bonds. The summed E-state index contributed by atoms with van der Waals surface area (Å²) in [4.78, 5) is 12.5. The minimum absolute atomic E-state index is 0.0981. The fourth-order valence-electron chi connectivity index (χ4n) is 3.57. The van der Waals surface area contributed by atoms with Crippen molar-refractivity contribution in [2.45, 2.75) is 51.5 Å². The number of hydrogen-bond donors (Lipinski definition) is 2. The molecule has 0 bridgehead atoms. The molecule has 4 nitrogen and oxygen atoms in total. The topological polar surface area (TPSA) is 46.1 Å².